The average Bonchev–Trinajstić information content (AvgIpc) is 2.65. The topological polar surface area (TPSA) is 67.4 Å². The van der Waals surface area contributed by atoms with Crippen molar-refractivity contribution in [1.29, 1.82) is 0 Å². The summed E-state index contributed by atoms with van der Waals surface area (Å²) in [6.45, 7) is 1.05. The van der Waals surface area contributed by atoms with Gasteiger partial charge >= 0.3 is 0 Å². The zero-order valence-corrected chi connectivity index (χ0v) is 14.5. The predicted molar refractivity (Wildman–Crippen MR) is 99.3 cm³/mol. The van der Waals surface area contributed by atoms with Gasteiger partial charge in [0.05, 0.1) is 11.3 Å². The van der Waals surface area contributed by atoms with E-state index >= 15 is 0 Å². The van der Waals surface area contributed by atoms with Crippen molar-refractivity contribution in [3.05, 3.63) is 71.6 Å². The number of halogens is 1. The quantitative estimate of drug-likeness (QED) is 0.564. The van der Waals surface area contributed by atoms with Gasteiger partial charge in [0.2, 0.25) is 5.91 Å². The molecule has 0 heterocycles. The molecule has 5 nitrogen and oxygen atoms in total. The molecule has 2 rings (SSSR count). The molecule has 0 unspecified atom stereocenters. The van der Waals surface area contributed by atoms with Crippen molar-refractivity contribution in [2.24, 2.45) is 0 Å². The van der Waals surface area contributed by atoms with Crippen LogP contribution in [0.3, 0.4) is 0 Å². The number of amides is 2. The summed E-state index contributed by atoms with van der Waals surface area (Å²) in [7, 11) is 1.60. The highest BCUT2D eigenvalue weighted by Gasteiger charge is 2.11. The van der Waals surface area contributed by atoms with Crippen LogP contribution in [0.4, 0.5) is 10.1 Å². The van der Waals surface area contributed by atoms with Gasteiger partial charge in [0.15, 0.2) is 0 Å². The molecule has 0 spiro atoms. The first-order valence-electron chi connectivity index (χ1n) is 8.21. The second-order valence-corrected chi connectivity index (χ2v) is 5.52. The van der Waals surface area contributed by atoms with E-state index in [0.29, 0.717) is 36.4 Å². The van der Waals surface area contributed by atoms with E-state index in [1.54, 1.807) is 49.6 Å². The Morgan fingerprint density at radius 1 is 1.12 bits per heavy atom. The number of methoxy groups -OCH3 is 1. The first-order chi connectivity index (χ1) is 12.6. The van der Waals surface area contributed by atoms with E-state index in [2.05, 4.69) is 10.6 Å². The van der Waals surface area contributed by atoms with Crippen LogP contribution in [0.1, 0.15) is 22.3 Å². The normalized spacial score (nSPS) is 10.7. The van der Waals surface area contributed by atoms with E-state index < -0.39 is 0 Å². The molecule has 2 amide bonds. The number of hydrogen-bond acceptors (Lipinski definition) is 3. The molecule has 2 aromatic carbocycles. The molecule has 0 aliphatic rings. The zero-order chi connectivity index (χ0) is 18.8. The van der Waals surface area contributed by atoms with Crippen LogP contribution in [0.5, 0.6) is 0 Å². The smallest absolute Gasteiger partial charge is 0.253 e. The lowest BCUT2D eigenvalue weighted by Gasteiger charge is -2.10. The fourth-order valence-electron chi connectivity index (χ4n) is 2.22. The number of para-hydroxylation sites is 1. The number of carbonyl (C=O) groups is 2. The van der Waals surface area contributed by atoms with Crippen molar-refractivity contribution in [3.63, 3.8) is 0 Å². The van der Waals surface area contributed by atoms with Gasteiger partial charge in [-0.05, 0) is 42.3 Å². The predicted octanol–water partition coefficient (Wildman–Crippen LogP) is 3.24. The third kappa shape index (κ3) is 6.14. The summed E-state index contributed by atoms with van der Waals surface area (Å²) < 4.78 is 17.8. The first-order valence-corrected chi connectivity index (χ1v) is 8.21. The van der Waals surface area contributed by atoms with Gasteiger partial charge in [-0.25, -0.2) is 4.39 Å². The number of carbonyl (C=O) groups excluding carboxylic acids is 2. The van der Waals surface area contributed by atoms with Gasteiger partial charge in [-0.2, -0.15) is 0 Å². The molecule has 2 aromatic rings. The average molecular weight is 356 g/mol. The molecule has 0 bridgehead atoms. The standard InChI is InChI=1S/C20H21FN2O3/c1-26-14-4-13-22-20(25)17-5-2-3-6-18(17)23-19(24)12-9-15-7-10-16(21)11-8-15/h2-3,5-12H,4,13-14H2,1H3,(H,22,25)(H,23,24)/b12-9+. The van der Waals surface area contributed by atoms with Gasteiger partial charge in [0, 0.05) is 26.3 Å². The molecule has 2 N–H and O–H groups in total. The summed E-state index contributed by atoms with van der Waals surface area (Å²) in [4.78, 5) is 24.4. The molecule has 26 heavy (non-hydrogen) atoms. The summed E-state index contributed by atoms with van der Waals surface area (Å²) in [5, 5.41) is 5.48. The fraction of sp³-hybridized carbons (Fsp3) is 0.200. The maximum Gasteiger partial charge on any atom is 0.253 e. The largest absolute Gasteiger partial charge is 0.385 e. The van der Waals surface area contributed by atoms with E-state index in [9.17, 15) is 14.0 Å². The molecule has 0 aliphatic heterocycles. The first kappa shape index (κ1) is 19.3. The third-order valence-electron chi connectivity index (χ3n) is 3.54. The lowest BCUT2D eigenvalue weighted by Crippen LogP contribution is -2.26. The molecular formula is C20H21FN2O3. The second kappa shape index (κ2) is 10.1. The minimum absolute atomic E-state index is 0.264. The Hall–Kier alpha value is -2.99. The Kier molecular flexibility index (Phi) is 7.51. The Morgan fingerprint density at radius 2 is 1.85 bits per heavy atom. The van der Waals surface area contributed by atoms with Gasteiger partial charge < -0.3 is 15.4 Å². The van der Waals surface area contributed by atoms with Crippen molar-refractivity contribution in [2.45, 2.75) is 6.42 Å². The van der Waals surface area contributed by atoms with Crippen LogP contribution in [-0.4, -0.2) is 32.1 Å². The minimum Gasteiger partial charge on any atom is -0.385 e. The van der Waals surface area contributed by atoms with Gasteiger partial charge in [0.1, 0.15) is 5.82 Å². The Balaban J connectivity index is 1.99. The number of anilines is 1. The number of rotatable bonds is 8. The van der Waals surface area contributed by atoms with E-state index in [0.717, 1.165) is 0 Å². The fourth-order valence-corrected chi connectivity index (χ4v) is 2.22. The second-order valence-electron chi connectivity index (χ2n) is 5.52. The molecule has 0 atom stereocenters. The van der Waals surface area contributed by atoms with Crippen LogP contribution in [0, 0.1) is 5.82 Å². The summed E-state index contributed by atoms with van der Waals surface area (Å²) in [6, 6.07) is 12.6. The van der Waals surface area contributed by atoms with Gasteiger partial charge in [-0.1, -0.05) is 24.3 Å². The SMILES string of the molecule is COCCCNC(=O)c1ccccc1NC(=O)/C=C/c1ccc(F)cc1. The van der Waals surface area contributed by atoms with Crippen molar-refractivity contribution in [1.82, 2.24) is 5.32 Å². The number of ether oxygens (including phenoxy) is 1. The van der Waals surface area contributed by atoms with Crippen molar-refractivity contribution in [3.8, 4) is 0 Å². The van der Waals surface area contributed by atoms with E-state index in [1.165, 1.54) is 18.2 Å². The van der Waals surface area contributed by atoms with Gasteiger partial charge in [0.25, 0.3) is 5.91 Å². The molecule has 0 aliphatic carbocycles. The minimum atomic E-state index is -0.381. The molecular weight excluding hydrogens is 335 g/mol. The molecule has 6 heteroatoms. The molecule has 0 saturated carbocycles. The number of nitrogens with one attached hydrogen (secondary N) is 2. The Labute approximate surface area is 151 Å². The van der Waals surface area contributed by atoms with Crippen molar-refractivity contribution in [2.75, 3.05) is 25.6 Å². The lowest BCUT2D eigenvalue weighted by molar-refractivity contribution is -0.111. The highest BCUT2D eigenvalue weighted by atomic mass is 19.1. The van der Waals surface area contributed by atoms with E-state index in [1.807, 2.05) is 0 Å². The highest BCUT2D eigenvalue weighted by Crippen LogP contribution is 2.15. The van der Waals surface area contributed by atoms with Crippen LogP contribution in [0.15, 0.2) is 54.6 Å². The summed E-state index contributed by atoms with van der Waals surface area (Å²) >= 11 is 0. The van der Waals surface area contributed by atoms with E-state index in [4.69, 9.17) is 4.74 Å². The molecule has 0 saturated heterocycles. The van der Waals surface area contributed by atoms with Crippen molar-refractivity contribution >= 4 is 23.6 Å². The molecule has 0 fully saturated rings. The maximum absolute atomic E-state index is 12.9. The monoisotopic (exact) mass is 356 g/mol. The van der Waals surface area contributed by atoms with Crippen LogP contribution >= 0.6 is 0 Å². The number of benzene rings is 2. The molecule has 0 radical (unpaired) electrons. The van der Waals surface area contributed by atoms with E-state index in [-0.39, 0.29) is 17.6 Å². The zero-order valence-electron chi connectivity index (χ0n) is 14.5. The van der Waals surface area contributed by atoms with Crippen LogP contribution in [-0.2, 0) is 9.53 Å². The van der Waals surface area contributed by atoms with Crippen LogP contribution in [0.2, 0.25) is 0 Å². The summed E-state index contributed by atoms with van der Waals surface area (Å²) in [5.74, 6) is -0.981. The summed E-state index contributed by atoms with van der Waals surface area (Å²) in [6.07, 6.45) is 3.61. The molecule has 0 aromatic heterocycles. The Morgan fingerprint density at radius 3 is 2.58 bits per heavy atom. The maximum atomic E-state index is 12.9. The van der Waals surface area contributed by atoms with Crippen LogP contribution in [0.25, 0.3) is 6.08 Å². The highest BCUT2D eigenvalue weighted by molar-refractivity contribution is 6.07. The summed E-state index contributed by atoms with van der Waals surface area (Å²) in [5.41, 5.74) is 1.50. The van der Waals surface area contributed by atoms with Gasteiger partial charge in [-0.3, -0.25) is 9.59 Å². The third-order valence-corrected chi connectivity index (χ3v) is 3.54. The van der Waals surface area contributed by atoms with Crippen molar-refractivity contribution < 1.29 is 18.7 Å². The molecule has 136 valence electrons. The van der Waals surface area contributed by atoms with Gasteiger partial charge in [-0.15, -0.1) is 0 Å². The number of hydrogen-bond donors (Lipinski definition) is 2. The van der Waals surface area contributed by atoms with Crippen LogP contribution < -0.4 is 10.6 Å². The lowest BCUT2D eigenvalue weighted by atomic mass is 10.1. The Bertz CT molecular complexity index is 773.